The number of rotatable bonds is 8. The molecule has 2 amide bonds. The Labute approximate surface area is 227 Å². The number of nitrogens with zero attached hydrogens (tertiary/aromatic N) is 4. The number of hydrogen-bond acceptors (Lipinski definition) is 11. The summed E-state index contributed by atoms with van der Waals surface area (Å²) < 4.78 is 5.59. The molecule has 5 rings (SSSR count). The number of nitrogens with one attached hydrogen (secondary N) is 1. The lowest BCUT2D eigenvalue weighted by Crippen LogP contribution is -2.71. The predicted octanol–water partition coefficient (Wildman–Crippen LogP) is 2.59. The van der Waals surface area contributed by atoms with Crippen molar-refractivity contribution in [3.05, 3.63) is 44.8 Å². The van der Waals surface area contributed by atoms with Crippen LogP contribution in [0, 0.1) is 0 Å². The van der Waals surface area contributed by atoms with Gasteiger partial charge in [-0.1, -0.05) is 16.4 Å². The van der Waals surface area contributed by atoms with E-state index in [9.17, 15) is 19.5 Å². The summed E-state index contributed by atoms with van der Waals surface area (Å²) in [5.74, 6) is -1.70. The number of nitrogens with two attached hydrogens (primary N) is 1. The van der Waals surface area contributed by atoms with Gasteiger partial charge in [0.25, 0.3) is 11.8 Å². The highest BCUT2D eigenvalue weighted by Crippen LogP contribution is 2.41. The number of fused-ring (bicyclic) bond motifs is 1. The molecule has 2 atom stereocenters. The van der Waals surface area contributed by atoms with Crippen molar-refractivity contribution in [1.82, 2.24) is 20.4 Å². The first kappa shape index (κ1) is 25.5. The third-order valence-corrected chi connectivity index (χ3v) is 8.36. The second-order valence-electron chi connectivity index (χ2n) is 8.45. The second-order valence-corrected chi connectivity index (χ2v) is 11.3. The molecule has 4 heterocycles. The second kappa shape index (κ2) is 10.7. The van der Waals surface area contributed by atoms with E-state index < -0.39 is 29.2 Å². The number of hydrogen-bond donors (Lipinski definition) is 3. The molecule has 0 bridgehead atoms. The molecule has 0 spiro atoms. The Morgan fingerprint density at radius 3 is 2.78 bits per heavy atom. The minimum absolute atomic E-state index is 0.0808. The van der Waals surface area contributed by atoms with Crippen LogP contribution in [0.5, 0.6) is 0 Å². The molecule has 2 fully saturated rings. The van der Waals surface area contributed by atoms with E-state index in [1.165, 1.54) is 16.7 Å². The first-order valence-corrected chi connectivity index (χ1v) is 14.0. The first-order chi connectivity index (χ1) is 17.8. The molecule has 194 valence electrons. The minimum atomic E-state index is -1.24. The molecular formula is C22H21BrN6O6S2. The zero-order chi connectivity index (χ0) is 26.1. The largest absolute Gasteiger partial charge is 0.477 e. The Hall–Kier alpha value is -3.17. The lowest BCUT2D eigenvalue weighted by Gasteiger charge is -2.49. The van der Waals surface area contributed by atoms with Gasteiger partial charge < -0.3 is 25.5 Å². The predicted molar refractivity (Wildman–Crippen MR) is 139 cm³/mol. The number of thioether (sulfide) groups is 1. The average molecular weight is 609 g/mol. The van der Waals surface area contributed by atoms with Crippen LogP contribution in [-0.4, -0.2) is 66.9 Å². The van der Waals surface area contributed by atoms with E-state index in [4.69, 9.17) is 15.1 Å². The highest BCUT2D eigenvalue weighted by atomic mass is 79.9. The number of anilines is 1. The number of β-lactam (4-membered cyclic amide) rings is 1. The fourth-order valence-corrected chi connectivity index (χ4v) is 6.39. The van der Waals surface area contributed by atoms with Crippen LogP contribution in [0.3, 0.4) is 0 Å². The smallest absolute Gasteiger partial charge is 0.352 e. The number of thiazole rings is 1. The number of carbonyl (C=O) groups is 3. The highest BCUT2D eigenvalue weighted by molar-refractivity contribution is 9.10. The molecule has 15 heteroatoms. The van der Waals surface area contributed by atoms with Crippen LogP contribution in [-0.2, 0) is 19.2 Å². The Kier molecular flexibility index (Phi) is 7.35. The van der Waals surface area contributed by atoms with Crippen LogP contribution in [0.1, 0.15) is 37.1 Å². The summed E-state index contributed by atoms with van der Waals surface area (Å²) in [6.07, 6.45) is 6.83. The molecule has 0 radical (unpaired) electrons. The van der Waals surface area contributed by atoms with Crippen LogP contribution in [0.2, 0.25) is 0 Å². The van der Waals surface area contributed by atoms with Gasteiger partial charge in [-0.3, -0.25) is 14.5 Å². The maximum atomic E-state index is 13.2. The van der Waals surface area contributed by atoms with E-state index >= 15 is 0 Å². The maximum Gasteiger partial charge on any atom is 0.352 e. The fourth-order valence-electron chi connectivity index (χ4n) is 4.23. The number of aromatic nitrogens is 2. The van der Waals surface area contributed by atoms with Crippen LogP contribution < -0.4 is 11.1 Å². The van der Waals surface area contributed by atoms with E-state index in [0.717, 1.165) is 37.0 Å². The number of halogens is 1. The van der Waals surface area contributed by atoms with Gasteiger partial charge in [0.05, 0.1) is 0 Å². The summed E-state index contributed by atoms with van der Waals surface area (Å²) in [5, 5.41) is 21.6. The van der Waals surface area contributed by atoms with Crippen LogP contribution in [0.25, 0.3) is 6.08 Å². The van der Waals surface area contributed by atoms with Gasteiger partial charge in [-0.2, -0.15) is 0 Å². The Morgan fingerprint density at radius 1 is 1.35 bits per heavy atom. The highest BCUT2D eigenvalue weighted by Gasteiger charge is 2.54. The molecule has 1 saturated carbocycles. The van der Waals surface area contributed by atoms with Crippen LogP contribution in [0.4, 0.5) is 5.13 Å². The molecule has 2 aromatic heterocycles. The van der Waals surface area contributed by atoms with E-state index in [1.54, 1.807) is 23.6 Å². The standard InChI is InChI=1S/C22H21BrN6O6S2/c23-14-7-12(35-27-14)6-5-10-8-36-20-16(19(31)29(20)17(10)21(32)33)26-18(30)15(13-9-37-22(24)25-13)28-34-11-3-1-2-4-11/h5-7,9,11,16,20H,1-4,8H2,(H2,24,25)(H,26,30)(H,32,33)/b6-5+,28-15-. The van der Waals surface area contributed by atoms with Crippen molar-refractivity contribution in [2.75, 3.05) is 11.5 Å². The molecular weight excluding hydrogens is 588 g/mol. The Bertz CT molecular complexity index is 1330. The zero-order valence-electron chi connectivity index (χ0n) is 19.1. The Balaban J connectivity index is 1.33. The summed E-state index contributed by atoms with van der Waals surface area (Å²) in [6.45, 7) is 0. The number of oxime groups is 1. The SMILES string of the molecule is Nc1nc(/C(=N/OC2CCCC2)C(=O)NC2C(=O)N3C(C(=O)O)=C(/C=C/c4cc(Br)no4)CSC23)cs1. The Morgan fingerprint density at radius 2 is 2.14 bits per heavy atom. The van der Waals surface area contributed by atoms with Crippen molar-refractivity contribution in [2.45, 2.75) is 43.2 Å². The molecule has 4 N–H and O–H groups in total. The van der Waals surface area contributed by atoms with Gasteiger partial charge in [-0.05, 0) is 53.3 Å². The molecule has 1 saturated heterocycles. The monoisotopic (exact) mass is 608 g/mol. The van der Waals surface area contributed by atoms with Gasteiger partial charge in [-0.25, -0.2) is 9.78 Å². The molecule has 0 aromatic carbocycles. The summed E-state index contributed by atoms with van der Waals surface area (Å²) in [6, 6.07) is 0.692. The van der Waals surface area contributed by atoms with Crippen molar-refractivity contribution in [1.29, 1.82) is 0 Å². The lowest BCUT2D eigenvalue weighted by molar-refractivity contribution is -0.150. The van der Waals surface area contributed by atoms with E-state index in [1.807, 2.05) is 0 Å². The van der Waals surface area contributed by atoms with Gasteiger partial charge in [0.15, 0.2) is 16.6 Å². The summed E-state index contributed by atoms with van der Waals surface area (Å²) in [4.78, 5) is 49.2. The molecule has 1 aliphatic carbocycles. The number of carboxylic acids is 1. The van der Waals surface area contributed by atoms with Gasteiger partial charge in [-0.15, -0.1) is 23.1 Å². The van der Waals surface area contributed by atoms with Gasteiger partial charge in [0.1, 0.15) is 33.5 Å². The number of nitrogen functional groups attached to an aromatic ring is 1. The van der Waals surface area contributed by atoms with Crippen LogP contribution in [0.15, 0.2) is 43.1 Å². The van der Waals surface area contributed by atoms with Crippen molar-refractivity contribution < 1.29 is 28.9 Å². The number of carboxylic acid groups (broad SMARTS) is 1. The van der Waals surface area contributed by atoms with E-state index in [0.29, 0.717) is 21.7 Å². The number of allylic oxidation sites excluding steroid dienone is 1. The number of carbonyl (C=O) groups excluding carboxylic acids is 2. The zero-order valence-corrected chi connectivity index (χ0v) is 22.3. The average Bonchev–Trinajstić information content (AvgIpc) is 3.64. The van der Waals surface area contributed by atoms with Gasteiger partial charge in [0.2, 0.25) is 0 Å². The van der Waals surface area contributed by atoms with Crippen molar-refractivity contribution in [3.8, 4) is 0 Å². The van der Waals surface area contributed by atoms with Crippen molar-refractivity contribution in [2.24, 2.45) is 5.16 Å². The minimum Gasteiger partial charge on any atom is -0.477 e. The summed E-state index contributed by atoms with van der Waals surface area (Å²) in [5.41, 5.74) is 6.20. The maximum absolute atomic E-state index is 13.2. The first-order valence-electron chi connectivity index (χ1n) is 11.3. The molecule has 3 aliphatic rings. The molecule has 37 heavy (non-hydrogen) atoms. The fraction of sp³-hybridized carbons (Fsp3) is 0.364. The van der Waals surface area contributed by atoms with Gasteiger partial charge >= 0.3 is 5.97 Å². The quantitative estimate of drug-likeness (QED) is 0.229. The topological polar surface area (TPSA) is 173 Å². The van der Waals surface area contributed by atoms with Gasteiger partial charge in [0, 0.05) is 17.2 Å². The van der Waals surface area contributed by atoms with Crippen molar-refractivity contribution >= 4 is 73.7 Å². The number of aliphatic carboxylic acids is 1. The van der Waals surface area contributed by atoms with Crippen molar-refractivity contribution in [3.63, 3.8) is 0 Å². The third-order valence-electron chi connectivity index (χ3n) is 6.01. The molecule has 2 aromatic rings. The molecule has 2 aliphatic heterocycles. The molecule has 12 nitrogen and oxygen atoms in total. The van der Waals surface area contributed by atoms with E-state index in [-0.39, 0.29) is 28.3 Å². The van der Waals surface area contributed by atoms with Crippen LogP contribution >= 0.6 is 39.0 Å². The summed E-state index contributed by atoms with van der Waals surface area (Å²) in [7, 11) is 0. The third kappa shape index (κ3) is 5.29. The summed E-state index contributed by atoms with van der Waals surface area (Å²) >= 11 is 5.68. The normalized spacial score (nSPS) is 22.4. The van der Waals surface area contributed by atoms with E-state index in [2.05, 4.69) is 36.5 Å². The lowest BCUT2D eigenvalue weighted by atomic mass is 10.0. The molecule has 2 unspecified atom stereocenters. The number of amides is 2.